The van der Waals surface area contributed by atoms with Gasteiger partial charge in [0.25, 0.3) is 0 Å². The van der Waals surface area contributed by atoms with Gasteiger partial charge >= 0.3 is 0 Å². The zero-order valence-electron chi connectivity index (χ0n) is 26.3. The van der Waals surface area contributed by atoms with Gasteiger partial charge < -0.3 is 35.0 Å². The molecule has 45 heavy (non-hydrogen) atoms. The highest BCUT2D eigenvalue weighted by molar-refractivity contribution is 9.09. The molecule has 1 spiro atoms. The Morgan fingerprint density at radius 1 is 0.978 bits per heavy atom. The van der Waals surface area contributed by atoms with Crippen molar-refractivity contribution in [1.29, 1.82) is 0 Å². The van der Waals surface area contributed by atoms with Crippen LogP contribution in [-0.2, 0) is 19.1 Å². The quantitative estimate of drug-likeness (QED) is 0.182. The average Bonchev–Trinajstić information content (AvgIpc) is 3.62. The summed E-state index contributed by atoms with van der Waals surface area (Å²) in [5, 5.41) is 15.2. The van der Waals surface area contributed by atoms with Crippen molar-refractivity contribution in [3.63, 3.8) is 0 Å². The van der Waals surface area contributed by atoms with Crippen LogP contribution in [0.15, 0.2) is 48.5 Å². The summed E-state index contributed by atoms with van der Waals surface area (Å²) in [7, 11) is 0. The molecule has 3 saturated heterocycles. The van der Waals surface area contributed by atoms with Gasteiger partial charge in [-0.2, -0.15) is 0 Å². The molecule has 5 rings (SSSR count). The van der Waals surface area contributed by atoms with E-state index in [-0.39, 0.29) is 29.2 Å². The van der Waals surface area contributed by atoms with Gasteiger partial charge in [0.15, 0.2) is 0 Å². The van der Waals surface area contributed by atoms with Gasteiger partial charge in [-0.1, -0.05) is 28.8 Å². The first-order chi connectivity index (χ1) is 21.8. The van der Waals surface area contributed by atoms with Crippen LogP contribution >= 0.6 is 15.9 Å². The largest absolute Gasteiger partial charge is 0.494 e. The number of ether oxygens (including phenoxy) is 2. The Hall–Kier alpha value is -3.15. The lowest BCUT2D eigenvalue weighted by atomic mass is 9.70. The van der Waals surface area contributed by atoms with Crippen LogP contribution in [-0.4, -0.2) is 83.2 Å². The smallest absolute Gasteiger partial charge is 0.250 e. The molecule has 3 fully saturated rings. The molecule has 3 aliphatic rings. The molecule has 3 heterocycles. The van der Waals surface area contributed by atoms with E-state index in [1.807, 2.05) is 31.2 Å². The maximum absolute atomic E-state index is 14.2. The third-order valence-electron chi connectivity index (χ3n) is 9.34. The van der Waals surface area contributed by atoms with E-state index in [1.165, 1.54) is 0 Å². The fraction of sp³-hybridized carbons (Fsp3) is 0.559. The van der Waals surface area contributed by atoms with E-state index in [0.29, 0.717) is 49.5 Å². The van der Waals surface area contributed by atoms with Crippen molar-refractivity contribution < 1.29 is 29.0 Å². The summed E-state index contributed by atoms with van der Waals surface area (Å²) in [5.41, 5.74) is 1.17. The van der Waals surface area contributed by atoms with Gasteiger partial charge in [0.1, 0.15) is 17.4 Å². The lowest BCUT2D eigenvalue weighted by molar-refractivity contribution is -0.139. The molecule has 3 unspecified atom stereocenters. The lowest BCUT2D eigenvalue weighted by Gasteiger charge is -2.34. The number of aliphatic hydroxyl groups excluding tert-OH is 1. The molecule has 244 valence electrons. The predicted octanol–water partition coefficient (Wildman–Crippen LogP) is 4.81. The van der Waals surface area contributed by atoms with Gasteiger partial charge in [-0.25, -0.2) is 0 Å². The topological polar surface area (TPSA) is 120 Å². The first-order valence-electron chi connectivity index (χ1n) is 16.2. The number of anilines is 3. The number of benzene rings is 2. The number of unbranched alkanes of at least 4 members (excludes halogenated alkanes) is 3. The summed E-state index contributed by atoms with van der Waals surface area (Å²) in [5.74, 6) is -1.67. The van der Waals surface area contributed by atoms with Gasteiger partial charge in [0.05, 0.1) is 24.5 Å². The number of alkyl halides is 1. The standard InChI is InChI=1S/C34H45BrN4O6/c1-4-38(5-2)24-15-11-22(12-16-24)37-32(42)30-34-21-26(35)29(45-34)27(28(34)33(43)39(30)19-9-7-8-10-20-40)31(41)36-23-13-17-25(18-14-23)44-6-3/h11-18,26-30,40H,4-10,19-21H2,1-3H3,(H,36,41)(H,37,42)/t26?,27-,28-,29-,30?,34?/m0/s1. The second-order valence-electron chi connectivity index (χ2n) is 12.0. The van der Waals surface area contributed by atoms with Crippen molar-refractivity contribution in [1.82, 2.24) is 4.90 Å². The van der Waals surface area contributed by atoms with E-state index in [4.69, 9.17) is 9.47 Å². The molecule has 6 atom stereocenters. The minimum Gasteiger partial charge on any atom is -0.494 e. The van der Waals surface area contributed by atoms with Crippen LogP contribution in [0.3, 0.4) is 0 Å². The molecule has 3 N–H and O–H groups in total. The van der Waals surface area contributed by atoms with Gasteiger partial charge in [-0.15, -0.1) is 0 Å². The number of rotatable bonds is 15. The van der Waals surface area contributed by atoms with E-state index in [0.717, 1.165) is 31.6 Å². The Kier molecular flexibility index (Phi) is 10.7. The normalized spacial score (nSPS) is 26.6. The molecule has 0 aliphatic carbocycles. The first-order valence-corrected chi connectivity index (χ1v) is 17.1. The van der Waals surface area contributed by atoms with E-state index in [2.05, 4.69) is 45.3 Å². The number of aliphatic hydroxyl groups is 1. The Morgan fingerprint density at radius 3 is 2.22 bits per heavy atom. The van der Waals surface area contributed by atoms with Crippen LogP contribution in [0.25, 0.3) is 0 Å². The van der Waals surface area contributed by atoms with Crippen LogP contribution in [0.4, 0.5) is 17.1 Å². The van der Waals surface area contributed by atoms with Gasteiger partial charge in [0, 0.05) is 48.1 Å². The predicted molar refractivity (Wildman–Crippen MR) is 178 cm³/mol. The summed E-state index contributed by atoms with van der Waals surface area (Å²) in [6, 6.07) is 14.0. The molecule has 0 aromatic heterocycles. The number of carbonyl (C=O) groups excluding carboxylic acids is 3. The summed E-state index contributed by atoms with van der Waals surface area (Å²) in [4.78, 5) is 45.9. The number of hydrogen-bond donors (Lipinski definition) is 3. The number of nitrogens with one attached hydrogen (secondary N) is 2. The molecule has 3 amide bonds. The highest BCUT2D eigenvalue weighted by Gasteiger charge is 2.76. The molecule has 2 bridgehead atoms. The summed E-state index contributed by atoms with van der Waals surface area (Å²) in [6.45, 7) is 8.90. The molecule has 2 aromatic carbocycles. The molecule has 3 aliphatic heterocycles. The van der Waals surface area contributed by atoms with Gasteiger partial charge in [-0.05, 0) is 88.6 Å². The number of carbonyl (C=O) groups is 3. The molecule has 10 nitrogen and oxygen atoms in total. The Bertz CT molecular complexity index is 1340. The van der Waals surface area contributed by atoms with Gasteiger partial charge in [-0.3, -0.25) is 14.4 Å². The number of hydrogen-bond acceptors (Lipinski definition) is 7. The van der Waals surface area contributed by atoms with Crippen molar-refractivity contribution in [2.45, 2.75) is 75.4 Å². The van der Waals surface area contributed by atoms with E-state index in [9.17, 15) is 19.5 Å². The van der Waals surface area contributed by atoms with Crippen LogP contribution in [0, 0.1) is 11.8 Å². The highest BCUT2D eigenvalue weighted by Crippen LogP contribution is 2.60. The van der Waals surface area contributed by atoms with Crippen molar-refractivity contribution in [3.05, 3.63) is 48.5 Å². The van der Waals surface area contributed by atoms with Crippen molar-refractivity contribution in [2.75, 3.05) is 48.4 Å². The zero-order chi connectivity index (χ0) is 32.1. The second-order valence-corrected chi connectivity index (χ2v) is 13.2. The molecule has 0 radical (unpaired) electrons. The SMILES string of the molecule is CCOc1ccc(NC(=O)[C@H]2[C@H]3C(=O)N(CCCCCCO)C(C(=O)Nc4ccc(N(CC)CC)cc4)C34CC(Br)[C@@H]2O4)cc1. The lowest BCUT2D eigenvalue weighted by Crippen LogP contribution is -2.54. The first kappa shape index (κ1) is 33.2. The number of nitrogens with zero attached hydrogens (tertiary/aromatic N) is 2. The second kappa shape index (κ2) is 14.5. The number of likely N-dealkylation sites (tertiary alicyclic amines) is 1. The Labute approximate surface area is 273 Å². The van der Waals surface area contributed by atoms with Crippen molar-refractivity contribution in [3.8, 4) is 5.75 Å². The van der Waals surface area contributed by atoms with Crippen LogP contribution in [0.1, 0.15) is 52.9 Å². The highest BCUT2D eigenvalue weighted by atomic mass is 79.9. The van der Waals surface area contributed by atoms with Gasteiger partial charge in [0.2, 0.25) is 17.7 Å². The maximum Gasteiger partial charge on any atom is 0.250 e. The monoisotopic (exact) mass is 684 g/mol. The minimum absolute atomic E-state index is 0.124. The van der Waals surface area contributed by atoms with Crippen molar-refractivity contribution >= 4 is 50.7 Å². The fourth-order valence-corrected chi connectivity index (χ4v) is 8.24. The average molecular weight is 686 g/mol. The molecule has 0 saturated carbocycles. The zero-order valence-corrected chi connectivity index (χ0v) is 27.9. The third kappa shape index (κ3) is 6.57. The Balaban J connectivity index is 1.40. The summed E-state index contributed by atoms with van der Waals surface area (Å²) < 4.78 is 12.1. The summed E-state index contributed by atoms with van der Waals surface area (Å²) >= 11 is 3.74. The Morgan fingerprint density at radius 2 is 1.60 bits per heavy atom. The van der Waals surface area contributed by atoms with Crippen LogP contribution in [0.2, 0.25) is 0 Å². The molecule has 11 heteroatoms. The molecule has 2 aromatic rings. The van der Waals surface area contributed by atoms with Crippen LogP contribution in [0.5, 0.6) is 5.75 Å². The summed E-state index contributed by atoms with van der Waals surface area (Å²) in [6.07, 6.45) is 2.92. The van der Waals surface area contributed by atoms with E-state index in [1.54, 1.807) is 29.2 Å². The third-order valence-corrected chi connectivity index (χ3v) is 10.2. The number of halogens is 1. The number of amides is 3. The van der Waals surface area contributed by atoms with E-state index >= 15 is 0 Å². The molecular formula is C34H45BrN4O6. The minimum atomic E-state index is -1.13. The van der Waals surface area contributed by atoms with Crippen molar-refractivity contribution in [2.24, 2.45) is 11.8 Å². The van der Waals surface area contributed by atoms with E-state index < -0.39 is 29.6 Å². The number of fused-ring (bicyclic) bond motifs is 1. The fourth-order valence-electron chi connectivity index (χ4n) is 7.30. The van der Waals surface area contributed by atoms with Crippen LogP contribution < -0.4 is 20.3 Å². The molecular weight excluding hydrogens is 640 g/mol. The maximum atomic E-state index is 14.2.